The summed E-state index contributed by atoms with van der Waals surface area (Å²) in [5.74, 6) is -0.152. The maximum Gasteiger partial charge on any atom is 0.139 e. The molecule has 0 bridgehead atoms. The molecule has 1 rings (SSSR count). The van der Waals surface area contributed by atoms with Crippen LogP contribution in [0.2, 0.25) is 0 Å². The molecule has 0 fully saturated rings. The standard InChI is InChI=1S/C11H18FN/c1-8-6-9(12)7-13(5)10(8)11(2,3)4/h6-7,10H,1-5H3. The second-order valence-electron chi connectivity index (χ2n) is 4.84. The van der Waals surface area contributed by atoms with Gasteiger partial charge >= 0.3 is 0 Å². The Balaban J connectivity index is 2.97. The van der Waals surface area contributed by atoms with Crippen molar-refractivity contribution in [3.63, 3.8) is 0 Å². The fraction of sp³-hybridized carbons (Fsp3) is 0.636. The quantitative estimate of drug-likeness (QED) is 0.557. The lowest BCUT2D eigenvalue weighted by molar-refractivity contribution is 0.196. The van der Waals surface area contributed by atoms with Gasteiger partial charge in [0.15, 0.2) is 0 Å². The predicted octanol–water partition coefficient (Wildman–Crippen LogP) is 3.10. The molecule has 0 radical (unpaired) electrons. The van der Waals surface area contributed by atoms with Crippen molar-refractivity contribution in [3.05, 3.63) is 23.7 Å². The Morgan fingerprint density at radius 1 is 1.38 bits per heavy atom. The molecular weight excluding hydrogens is 165 g/mol. The highest BCUT2D eigenvalue weighted by Gasteiger charge is 2.30. The van der Waals surface area contributed by atoms with Gasteiger partial charge in [0, 0.05) is 13.2 Å². The van der Waals surface area contributed by atoms with E-state index in [4.69, 9.17) is 0 Å². The van der Waals surface area contributed by atoms with Gasteiger partial charge in [0.05, 0.1) is 6.04 Å². The first-order valence-electron chi connectivity index (χ1n) is 4.60. The Morgan fingerprint density at radius 3 is 2.31 bits per heavy atom. The zero-order valence-electron chi connectivity index (χ0n) is 9.06. The van der Waals surface area contributed by atoms with Gasteiger partial charge in [-0.1, -0.05) is 20.8 Å². The monoisotopic (exact) mass is 183 g/mol. The molecule has 0 spiro atoms. The Labute approximate surface area is 79.9 Å². The lowest BCUT2D eigenvalue weighted by Crippen LogP contribution is -2.41. The predicted molar refractivity (Wildman–Crippen MR) is 54.0 cm³/mol. The molecule has 2 heteroatoms. The second kappa shape index (κ2) is 3.17. The molecule has 0 aromatic heterocycles. The molecular formula is C11H18FN. The van der Waals surface area contributed by atoms with Crippen LogP contribution in [0.15, 0.2) is 23.7 Å². The van der Waals surface area contributed by atoms with Gasteiger partial charge in [0.1, 0.15) is 5.83 Å². The third-order valence-corrected chi connectivity index (χ3v) is 2.35. The van der Waals surface area contributed by atoms with Crippen LogP contribution in [0.1, 0.15) is 27.7 Å². The van der Waals surface area contributed by atoms with Crippen LogP contribution in [0.25, 0.3) is 0 Å². The van der Waals surface area contributed by atoms with E-state index in [-0.39, 0.29) is 11.2 Å². The van der Waals surface area contributed by atoms with Crippen LogP contribution in [0.3, 0.4) is 0 Å². The number of likely N-dealkylation sites (N-methyl/N-ethyl adjacent to an activating group) is 1. The van der Waals surface area contributed by atoms with Crippen molar-refractivity contribution in [2.24, 2.45) is 5.41 Å². The average Bonchev–Trinajstić information content (AvgIpc) is 1.78. The molecule has 1 heterocycles. The summed E-state index contributed by atoms with van der Waals surface area (Å²) in [7, 11) is 1.92. The van der Waals surface area contributed by atoms with E-state index in [1.54, 1.807) is 12.3 Å². The van der Waals surface area contributed by atoms with Crippen LogP contribution >= 0.6 is 0 Å². The van der Waals surface area contributed by atoms with Crippen molar-refractivity contribution < 1.29 is 4.39 Å². The van der Waals surface area contributed by atoms with Crippen molar-refractivity contribution in [3.8, 4) is 0 Å². The van der Waals surface area contributed by atoms with E-state index in [1.165, 1.54) is 0 Å². The van der Waals surface area contributed by atoms with E-state index in [0.717, 1.165) is 5.57 Å². The molecule has 0 amide bonds. The number of hydrogen-bond donors (Lipinski definition) is 0. The number of nitrogens with zero attached hydrogens (tertiary/aromatic N) is 1. The molecule has 0 saturated heterocycles. The second-order valence-corrected chi connectivity index (χ2v) is 4.84. The first-order valence-corrected chi connectivity index (χ1v) is 4.60. The minimum atomic E-state index is -0.152. The molecule has 1 aliphatic rings. The van der Waals surface area contributed by atoms with Gasteiger partial charge < -0.3 is 4.90 Å². The Hall–Kier alpha value is -0.790. The van der Waals surface area contributed by atoms with Crippen LogP contribution in [0.4, 0.5) is 4.39 Å². The van der Waals surface area contributed by atoms with E-state index in [9.17, 15) is 4.39 Å². The minimum absolute atomic E-state index is 0.145. The summed E-state index contributed by atoms with van der Waals surface area (Å²) >= 11 is 0. The van der Waals surface area contributed by atoms with Gasteiger partial charge in [-0.2, -0.15) is 0 Å². The fourth-order valence-electron chi connectivity index (χ4n) is 2.22. The van der Waals surface area contributed by atoms with Crippen LogP contribution in [0, 0.1) is 5.41 Å². The SMILES string of the molecule is CC1=CC(F)=CN(C)C1C(C)(C)C. The van der Waals surface area contributed by atoms with Crippen molar-refractivity contribution in [2.75, 3.05) is 7.05 Å². The molecule has 13 heavy (non-hydrogen) atoms. The normalized spacial score (nSPS) is 24.2. The summed E-state index contributed by atoms with van der Waals surface area (Å²) < 4.78 is 13.0. The molecule has 1 aliphatic heterocycles. The maximum absolute atomic E-state index is 13.0. The highest BCUT2D eigenvalue weighted by atomic mass is 19.1. The Kier molecular flexibility index (Phi) is 2.51. The van der Waals surface area contributed by atoms with E-state index in [2.05, 4.69) is 20.8 Å². The average molecular weight is 183 g/mol. The van der Waals surface area contributed by atoms with Gasteiger partial charge in [-0.25, -0.2) is 4.39 Å². The maximum atomic E-state index is 13.0. The van der Waals surface area contributed by atoms with E-state index >= 15 is 0 Å². The topological polar surface area (TPSA) is 3.24 Å². The molecule has 0 saturated carbocycles. The number of hydrogen-bond acceptors (Lipinski definition) is 1. The van der Waals surface area contributed by atoms with Crippen molar-refractivity contribution >= 4 is 0 Å². The number of halogens is 1. The fourth-order valence-corrected chi connectivity index (χ4v) is 2.22. The lowest BCUT2D eigenvalue weighted by atomic mass is 9.81. The van der Waals surface area contributed by atoms with Gasteiger partial charge in [-0.05, 0) is 24.0 Å². The molecule has 0 aromatic rings. The Bertz CT molecular complexity index is 258. The first-order chi connectivity index (χ1) is 5.82. The molecule has 74 valence electrons. The van der Waals surface area contributed by atoms with E-state index in [0.29, 0.717) is 6.04 Å². The summed E-state index contributed by atoms with van der Waals surface area (Å²) in [6, 6.07) is 0.298. The van der Waals surface area contributed by atoms with Crippen molar-refractivity contribution in [1.82, 2.24) is 4.90 Å². The zero-order valence-corrected chi connectivity index (χ0v) is 9.06. The largest absolute Gasteiger partial charge is 0.371 e. The summed E-state index contributed by atoms with van der Waals surface area (Å²) in [5.41, 5.74) is 1.24. The molecule has 0 aromatic carbocycles. The summed E-state index contributed by atoms with van der Waals surface area (Å²) in [6.07, 6.45) is 3.18. The highest BCUT2D eigenvalue weighted by molar-refractivity contribution is 5.27. The third kappa shape index (κ3) is 2.11. The van der Waals surface area contributed by atoms with Crippen LogP contribution < -0.4 is 0 Å². The van der Waals surface area contributed by atoms with E-state index in [1.807, 2.05) is 18.9 Å². The minimum Gasteiger partial charge on any atom is -0.371 e. The molecule has 1 atom stereocenters. The zero-order chi connectivity index (χ0) is 10.2. The van der Waals surface area contributed by atoms with Gasteiger partial charge in [-0.3, -0.25) is 0 Å². The molecule has 1 unspecified atom stereocenters. The summed E-state index contributed by atoms with van der Waals surface area (Å²) in [6.45, 7) is 8.49. The molecule has 0 aliphatic carbocycles. The highest BCUT2D eigenvalue weighted by Crippen LogP contribution is 2.32. The first kappa shape index (κ1) is 10.3. The smallest absolute Gasteiger partial charge is 0.139 e. The summed E-state index contributed by atoms with van der Waals surface area (Å²) in [5, 5.41) is 0. The van der Waals surface area contributed by atoms with Gasteiger partial charge in [0.2, 0.25) is 0 Å². The lowest BCUT2D eigenvalue weighted by Gasteiger charge is -2.40. The number of rotatable bonds is 0. The van der Waals surface area contributed by atoms with Crippen LogP contribution in [0.5, 0.6) is 0 Å². The van der Waals surface area contributed by atoms with Crippen LogP contribution in [-0.2, 0) is 0 Å². The third-order valence-electron chi connectivity index (χ3n) is 2.35. The van der Waals surface area contributed by atoms with Gasteiger partial charge in [0.25, 0.3) is 0 Å². The van der Waals surface area contributed by atoms with Crippen LogP contribution in [-0.4, -0.2) is 18.0 Å². The molecule has 0 N–H and O–H groups in total. The number of allylic oxidation sites excluding steroid dienone is 2. The Morgan fingerprint density at radius 2 is 1.92 bits per heavy atom. The summed E-state index contributed by atoms with van der Waals surface area (Å²) in [4.78, 5) is 1.95. The van der Waals surface area contributed by atoms with Gasteiger partial charge in [-0.15, -0.1) is 0 Å². The molecule has 1 nitrogen and oxygen atoms in total. The van der Waals surface area contributed by atoms with Crippen molar-refractivity contribution in [2.45, 2.75) is 33.7 Å². The van der Waals surface area contributed by atoms with E-state index < -0.39 is 0 Å². The van der Waals surface area contributed by atoms with Crippen molar-refractivity contribution in [1.29, 1.82) is 0 Å².